The summed E-state index contributed by atoms with van der Waals surface area (Å²) in [6, 6.07) is 5.41. The van der Waals surface area contributed by atoms with Gasteiger partial charge in [0, 0.05) is 23.9 Å². The molecule has 0 radical (unpaired) electrons. The maximum atomic E-state index is 13.0. The average molecular weight is 426 g/mol. The molecule has 2 atom stereocenters. The van der Waals surface area contributed by atoms with Crippen molar-refractivity contribution < 1.29 is 9.59 Å². The van der Waals surface area contributed by atoms with Crippen molar-refractivity contribution in [2.45, 2.75) is 60.0 Å². The van der Waals surface area contributed by atoms with Crippen LogP contribution >= 0.6 is 0 Å². The van der Waals surface area contributed by atoms with Crippen LogP contribution in [0.25, 0.3) is 0 Å². The summed E-state index contributed by atoms with van der Waals surface area (Å²) in [5.41, 5.74) is 8.75. The molecule has 4 N–H and O–H groups in total. The van der Waals surface area contributed by atoms with Gasteiger partial charge in [-0.25, -0.2) is 4.98 Å². The number of nitrogen functional groups attached to an aromatic ring is 1. The molecule has 8 heteroatoms. The maximum absolute atomic E-state index is 13.0. The second kappa shape index (κ2) is 9.32. The molecule has 2 aromatic rings. The van der Waals surface area contributed by atoms with E-state index in [9.17, 15) is 14.4 Å². The van der Waals surface area contributed by atoms with E-state index < -0.39 is 0 Å². The third-order valence-corrected chi connectivity index (χ3v) is 6.05. The van der Waals surface area contributed by atoms with E-state index in [1.165, 1.54) is 4.57 Å². The van der Waals surface area contributed by atoms with Gasteiger partial charge < -0.3 is 20.9 Å². The predicted octanol–water partition coefficient (Wildman–Crippen LogP) is 2.31. The van der Waals surface area contributed by atoms with Gasteiger partial charge in [0.05, 0.1) is 0 Å². The first-order chi connectivity index (χ1) is 14.7. The zero-order chi connectivity index (χ0) is 22.7. The summed E-state index contributed by atoms with van der Waals surface area (Å²) in [4.78, 5) is 42.2. The number of carbonyl (C=O) groups excluding carboxylic acids is 2. The molecule has 3 rings (SSSR count). The van der Waals surface area contributed by atoms with Crippen LogP contribution in [0.1, 0.15) is 49.2 Å². The van der Waals surface area contributed by atoms with E-state index in [1.54, 1.807) is 6.07 Å². The first kappa shape index (κ1) is 22.5. The van der Waals surface area contributed by atoms with Crippen LogP contribution in [0.3, 0.4) is 0 Å². The van der Waals surface area contributed by atoms with E-state index in [0.717, 1.165) is 29.7 Å². The zero-order valence-corrected chi connectivity index (χ0v) is 18.6. The topological polar surface area (TPSA) is 119 Å². The molecule has 0 saturated carbocycles. The molecule has 0 aromatic carbocycles. The zero-order valence-electron chi connectivity index (χ0n) is 18.6. The van der Waals surface area contributed by atoms with E-state index in [-0.39, 0.29) is 29.8 Å². The molecule has 8 nitrogen and oxygen atoms in total. The molecule has 0 aliphatic carbocycles. The highest BCUT2D eigenvalue weighted by Gasteiger charge is 2.30. The minimum atomic E-state index is -0.342. The largest absolute Gasteiger partial charge is 0.384 e. The highest BCUT2D eigenvalue weighted by Crippen LogP contribution is 2.28. The number of aryl methyl sites for hydroxylation is 2. The fourth-order valence-corrected chi connectivity index (χ4v) is 3.94. The number of hydrogen-bond donors (Lipinski definition) is 3. The molecule has 2 amide bonds. The molecule has 0 bridgehead atoms. The third-order valence-electron chi connectivity index (χ3n) is 6.05. The quantitative estimate of drug-likeness (QED) is 0.629. The Hall–Kier alpha value is -3.16. The van der Waals surface area contributed by atoms with Gasteiger partial charge in [-0.15, -0.1) is 0 Å². The Morgan fingerprint density at radius 3 is 2.77 bits per heavy atom. The number of nitrogens with one attached hydrogen (secondary N) is 2. The van der Waals surface area contributed by atoms with Gasteiger partial charge in [0.25, 0.3) is 5.56 Å². The number of hydrogen-bond acceptors (Lipinski definition) is 5. The number of amides is 2. The lowest BCUT2D eigenvalue weighted by Crippen LogP contribution is -2.39. The third kappa shape index (κ3) is 5.13. The van der Waals surface area contributed by atoms with Crippen molar-refractivity contribution in [3.05, 3.63) is 51.1 Å². The van der Waals surface area contributed by atoms with Crippen LogP contribution in [-0.4, -0.2) is 21.4 Å². The summed E-state index contributed by atoms with van der Waals surface area (Å²) in [6.45, 7) is 8.05. The Morgan fingerprint density at radius 2 is 2.10 bits per heavy atom. The van der Waals surface area contributed by atoms with Crippen LogP contribution in [0, 0.1) is 25.7 Å². The molecule has 2 aromatic heterocycles. The smallest absolute Gasteiger partial charge is 0.275 e. The van der Waals surface area contributed by atoms with E-state index in [2.05, 4.69) is 29.5 Å². The predicted molar refractivity (Wildman–Crippen MR) is 121 cm³/mol. The summed E-state index contributed by atoms with van der Waals surface area (Å²) in [7, 11) is 0. The second-order valence-corrected chi connectivity index (χ2v) is 8.47. The summed E-state index contributed by atoms with van der Waals surface area (Å²) in [5, 5.41) is 5.61. The lowest BCUT2D eigenvalue weighted by molar-refractivity contribution is -0.122. The van der Waals surface area contributed by atoms with Gasteiger partial charge in [-0.05, 0) is 55.9 Å². The van der Waals surface area contributed by atoms with Crippen molar-refractivity contribution in [1.82, 2.24) is 14.9 Å². The van der Waals surface area contributed by atoms with E-state index >= 15 is 0 Å². The number of nitrogens with two attached hydrogens (primary N) is 1. The molecule has 0 spiro atoms. The van der Waals surface area contributed by atoms with Crippen LogP contribution in [-0.2, 0) is 29.1 Å². The van der Waals surface area contributed by atoms with Crippen molar-refractivity contribution in [2.24, 2.45) is 11.8 Å². The standard InChI is InChI=1S/C23H31N5O3/c1-5-13(2)8-18-10-17-9-14(3)28(23(31)21(17)27-22(18)30)12-20(29)25-11-16-6-7-19(24)26-15(16)4/h6-7,9,13,18H,5,8,10-12H2,1-4H3,(H2,24,26)(H,25,29)(H,27,30). The number of aromatic nitrogens is 2. The van der Waals surface area contributed by atoms with Crippen LogP contribution < -0.4 is 21.9 Å². The fourth-order valence-electron chi connectivity index (χ4n) is 3.94. The van der Waals surface area contributed by atoms with Crippen molar-refractivity contribution in [3.63, 3.8) is 0 Å². The summed E-state index contributed by atoms with van der Waals surface area (Å²) in [6.07, 6.45) is 2.36. The van der Waals surface area contributed by atoms with E-state index in [0.29, 0.717) is 36.1 Å². The molecule has 1 aliphatic heterocycles. The molecule has 1 aliphatic rings. The fraction of sp³-hybridized carbons (Fsp3) is 0.478. The molecule has 3 heterocycles. The Labute approximate surface area is 182 Å². The molecule has 2 unspecified atom stereocenters. The van der Waals surface area contributed by atoms with Crippen LogP contribution in [0.15, 0.2) is 23.0 Å². The second-order valence-electron chi connectivity index (χ2n) is 8.47. The summed E-state index contributed by atoms with van der Waals surface area (Å²) >= 11 is 0. The normalized spacial score (nSPS) is 16.4. The molecule has 166 valence electrons. The van der Waals surface area contributed by atoms with E-state index in [1.807, 2.05) is 26.0 Å². The van der Waals surface area contributed by atoms with Crippen molar-refractivity contribution in [2.75, 3.05) is 11.1 Å². The van der Waals surface area contributed by atoms with Gasteiger partial charge in [0.2, 0.25) is 11.8 Å². The number of anilines is 2. The van der Waals surface area contributed by atoms with Crippen LogP contribution in [0.5, 0.6) is 0 Å². The average Bonchev–Trinajstić information content (AvgIpc) is 2.71. The molecule has 0 fully saturated rings. The Morgan fingerprint density at radius 1 is 1.35 bits per heavy atom. The van der Waals surface area contributed by atoms with Gasteiger partial charge in [-0.1, -0.05) is 26.3 Å². The number of nitrogens with zero attached hydrogens (tertiary/aromatic N) is 2. The number of rotatable bonds is 7. The minimum Gasteiger partial charge on any atom is -0.384 e. The summed E-state index contributed by atoms with van der Waals surface area (Å²) < 4.78 is 1.40. The lowest BCUT2D eigenvalue weighted by atomic mass is 9.85. The first-order valence-corrected chi connectivity index (χ1v) is 10.7. The van der Waals surface area contributed by atoms with E-state index in [4.69, 9.17) is 5.73 Å². The Kier molecular flexibility index (Phi) is 6.77. The summed E-state index contributed by atoms with van der Waals surface area (Å²) in [5.74, 6) is 0.339. The van der Waals surface area contributed by atoms with Gasteiger partial charge in [-0.3, -0.25) is 14.4 Å². The highest BCUT2D eigenvalue weighted by molar-refractivity contribution is 5.95. The minimum absolute atomic E-state index is 0.115. The SMILES string of the molecule is CCC(C)CC1Cc2cc(C)n(CC(=O)NCc3ccc(N)nc3C)c(=O)c2NC1=O. The maximum Gasteiger partial charge on any atom is 0.275 e. The van der Waals surface area contributed by atoms with Crippen LogP contribution in [0.2, 0.25) is 0 Å². The van der Waals surface area contributed by atoms with Gasteiger partial charge in [-0.2, -0.15) is 0 Å². The van der Waals surface area contributed by atoms with Gasteiger partial charge in [0.15, 0.2) is 0 Å². The van der Waals surface area contributed by atoms with Gasteiger partial charge >= 0.3 is 0 Å². The molecular formula is C23H31N5O3. The first-order valence-electron chi connectivity index (χ1n) is 10.7. The van der Waals surface area contributed by atoms with Crippen LogP contribution in [0.4, 0.5) is 11.5 Å². The Balaban J connectivity index is 1.73. The number of fused-ring (bicyclic) bond motifs is 1. The van der Waals surface area contributed by atoms with Crippen molar-refractivity contribution >= 4 is 23.3 Å². The number of pyridine rings is 2. The van der Waals surface area contributed by atoms with Crippen molar-refractivity contribution in [1.29, 1.82) is 0 Å². The highest BCUT2D eigenvalue weighted by atomic mass is 16.2. The molecular weight excluding hydrogens is 394 g/mol. The van der Waals surface area contributed by atoms with Gasteiger partial charge in [0.1, 0.15) is 18.1 Å². The monoisotopic (exact) mass is 425 g/mol. The lowest BCUT2D eigenvalue weighted by Gasteiger charge is -2.27. The van der Waals surface area contributed by atoms with Crippen molar-refractivity contribution in [3.8, 4) is 0 Å². The number of carbonyl (C=O) groups is 2. The molecule has 0 saturated heterocycles. The molecule has 31 heavy (non-hydrogen) atoms. The Bertz CT molecular complexity index is 1060.